The first kappa shape index (κ1) is 15.1. The van der Waals surface area contributed by atoms with Crippen LogP contribution < -0.4 is 0 Å². The number of aromatic nitrogens is 4. The Kier molecular flexibility index (Phi) is 3.96. The average Bonchev–Trinajstić information content (AvgIpc) is 2.95. The maximum Gasteiger partial charge on any atom is 0.262 e. The summed E-state index contributed by atoms with van der Waals surface area (Å²) in [6, 6.07) is 0. The molecule has 1 fully saturated rings. The highest BCUT2D eigenvalue weighted by Gasteiger charge is 2.33. The van der Waals surface area contributed by atoms with Crippen molar-refractivity contribution in [2.75, 3.05) is 13.1 Å². The normalized spacial score (nSPS) is 20.2. The topological polar surface area (TPSA) is 81.0 Å². The Morgan fingerprint density at radius 2 is 2.14 bits per heavy atom. The van der Waals surface area contributed by atoms with E-state index < -0.39 is 10.0 Å². The molecule has 0 bridgehead atoms. The van der Waals surface area contributed by atoms with Gasteiger partial charge in [-0.3, -0.25) is 0 Å². The van der Waals surface area contributed by atoms with Gasteiger partial charge >= 0.3 is 0 Å². The van der Waals surface area contributed by atoms with E-state index in [0.717, 1.165) is 24.1 Å². The second-order valence-electron chi connectivity index (χ2n) is 5.67. The number of hydrogen-bond donors (Lipinski definition) is 0. The van der Waals surface area contributed by atoms with Crippen LogP contribution in [-0.4, -0.2) is 45.3 Å². The zero-order chi connectivity index (χ0) is 15.7. The van der Waals surface area contributed by atoms with E-state index in [9.17, 15) is 8.42 Å². The van der Waals surface area contributed by atoms with Gasteiger partial charge in [0.2, 0.25) is 0 Å². The van der Waals surface area contributed by atoms with E-state index in [4.69, 9.17) is 0 Å². The number of piperidine rings is 1. The van der Waals surface area contributed by atoms with Gasteiger partial charge in [-0.05, 0) is 25.3 Å². The van der Waals surface area contributed by atoms with Gasteiger partial charge in [0.05, 0.1) is 12.0 Å². The van der Waals surface area contributed by atoms with E-state index in [0.29, 0.717) is 13.1 Å². The Hall–Kier alpha value is -1.80. The van der Waals surface area contributed by atoms with Crippen LogP contribution in [0.4, 0.5) is 0 Å². The highest BCUT2D eigenvalue weighted by Crippen LogP contribution is 2.30. The fourth-order valence-electron chi connectivity index (χ4n) is 2.87. The molecule has 2 aromatic heterocycles. The van der Waals surface area contributed by atoms with Gasteiger partial charge in [0.1, 0.15) is 6.33 Å². The Labute approximate surface area is 130 Å². The lowest BCUT2D eigenvalue weighted by atomic mass is 9.94. The van der Waals surface area contributed by atoms with Gasteiger partial charge in [0.15, 0.2) is 5.03 Å². The number of nitrogens with zero attached hydrogens (tertiary/aromatic N) is 5. The molecule has 7 nitrogen and oxygen atoms in total. The van der Waals surface area contributed by atoms with Crippen molar-refractivity contribution in [2.45, 2.75) is 30.7 Å². The van der Waals surface area contributed by atoms with Crippen LogP contribution in [0.15, 0.2) is 30.1 Å². The average molecular weight is 321 g/mol. The Morgan fingerprint density at radius 1 is 1.32 bits per heavy atom. The summed E-state index contributed by atoms with van der Waals surface area (Å²) in [5.74, 6) is 0.107. The molecule has 1 atom stereocenters. The lowest BCUT2D eigenvalue weighted by Gasteiger charge is -2.31. The smallest absolute Gasteiger partial charge is 0.262 e. The predicted octanol–water partition coefficient (Wildman–Crippen LogP) is 1.09. The van der Waals surface area contributed by atoms with Gasteiger partial charge < -0.3 is 4.57 Å². The van der Waals surface area contributed by atoms with Gasteiger partial charge in [-0.15, -0.1) is 0 Å². The Balaban J connectivity index is 1.86. The number of imidazole rings is 1. The van der Waals surface area contributed by atoms with E-state index in [2.05, 4.69) is 15.0 Å². The Bertz CT molecular complexity index is 771. The highest BCUT2D eigenvalue weighted by molar-refractivity contribution is 7.89. The van der Waals surface area contributed by atoms with Gasteiger partial charge in [-0.25, -0.2) is 23.4 Å². The molecule has 3 rings (SSSR count). The van der Waals surface area contributed by atoms with Crippen LogP contribution in [-0.2, 0) is 17.1 Å². The fourth-order valence-corrected chi connectivity index (χ4v) is 4.36. The molecule has 0 saturated carbocycles. The van der Waals surface area contributed by atoms with Crippen LogP contribution in [0.25, 0.3) is 0 Å². The quantitative estimate of drug-likeness (QED) is 0.845. The molecular formula is C14H19N5O2S. The number of aryl methyl sites for hydroxylation is 2. The maximum atomic E-state index is 12.7. The second-order valence-corrected chi connectivity index (χ2v) is 7.56. The minimum absolute atomic E-state index is 0.107. The molecule has 8 heteroatoms. The second kappa shape index (κ2) is 5.77. The van der Waals surface area contributed by atoms with Crippen LogP contribution in [0.5, 0.6) is 0 Å². The van der Waals surface area contributed by atoms with E-state index >= 15 is 0 Å². The van der Waals surface area contributed by atoms with Crippen molar-refractivity contribution in [3.05, 3.63) is 36.3 Å². The third-order valence-electron chi connectivity index (χ3n) is 3.99. The molecule has 118 valence electrons. The largest absolute Gasteiger partial charge is 0.339 e. The van der Waals surface area contributed by atoms with Gasteiger partial charge in [0.25, 0.3) is 10.0 Å². The van der Waals surface area contributed by atoms with E-state index in [-0.39, 0.29) is 10.9 Å². The van der Waals surface area contributed by atoms with Crippen LogP contribution in [0.1, 0.15) is 30.0 Å². The van der Waals surface area contributed by atoms with Crippen molar-refractivity contribution >= 4 is 10.0 Å². The molecule has 3 heterocycles. The van der Waals surface area contributed by atoms with Crippen molar-refractivity contribution in [3.63, 3.8) is 0 Å². The first-order valence-corrected chi connectivity index (χ1v) is 8.67. The summed E-state index contributed by atoms with van der Waals surface area (Å²) in [6.07, 6.45) is 8.09. The molecule has 0 aromatic carbocycles. The van der Waals surface area contributed by atoms with Crippen molar-refractivity contribution in [2.24, 2.45) is 7.05 Å². The number of rotatable bonds is 3. The van der Waals surface area contributed by atoms with Crippen molar-refractivity contribution in [1.82, 2.24) is 23.8 Å². The molecule has 1 saturated heterocycles. The number of sulfonamides is 1. The first-order valence-electron chi connectivity index (χ1n) is 7.23. The first-order chi connectivity index (χ1) is 10.5. The monoisotopic (exact) mass is 321 g/mol. The molecule has 1 aliphatic rings. The predicted molar refractivity (Wildman–Crippen MR) is 80.7 cm³/mol. The molecule has 22 heavy (non-hydrogen) atoms. The van der Waals surface area contributed by atoms with Crippen LogP contribution >= 0.6 is 0 Å². The minimum atomic E-state index is -3.54. The molecule has 0 amide bonds. The van der Waals surface area contributed by atoms with Gasteiger partial charge in [0, 0.05) is 38.4 Å². The van der Waals surface area contributed by atoms with E-state index in [1.807, 2.05) is 6.92 Å². The molecule has 0 aliphatic carbocycles. The molecular weight excluding hydrogens is 302 g/mol. The molecule has 2 aromatic rings. The van der Waals surface area contributed by atoms with Crippen LogP contribution in [0.3, 0.4) is 0 Å². The summed E-state index contributed by atoms with van der Waals surface area (Å²) >= 11 is 0. The third kappa shape index (κ3) is 2.76. The lowest BCUT2D eigenvalue weighted by Crippen LogP contribution is -2.39. The van der Waals surface area contributed by atoms with Crippen molar-refractivity contribution in [3.8, 4) is 0 Å². The summed E-state index contributed by atoms with van der Waals surface area (Å²) in [7, 11) is -1.78. The molecule has 0 N–H and O–H groups in total. The Morgan fingerprint density at radius 3 is 2.82 bits per heavy atom. The molecule has 0 spiro atoms. The minimum Gasteiger partial charge on any atom is -0.339 e. The molecule has 1 aliphatic heterocycles. The van der Waals surface area contributed by atoms with Crippen molar-refractivity contribution < 1.29 is 8.42 Å². The SMILES string of the molecule is Cc1cncnc1C1CCCN(S(=O)(=O)c2cn(C)cn2)C1. The van der Waals surface area contributed by atoms with Crippen LogP contribution in [0, 0.1) is 6.92 Å². The van der Waals surface area contributed by atoms with E-state index in [1.165, 1.54) is 23.2 Å². The van der Waals surface area contributed by atoms with Gasteiger partial charge in [-0.1, -0.05) is 0 Å². The summed E-state index contributed by atoms with van der Waals surface area (Å²) < 4.78 is 28.5. The van der Waals surface area contributed by atoms with Crippen LogP contribution in [0.2, 0.25) is 0 Å². The van der Waals surface area contributed by atoms with Crippen molar-refractivity contribution in [1.29, 1.82) is 0 Å². The zero-order valence-electron chi connectivity index (χ0n) is 12.7. The van der Waals surface area contributed by atoms with E-state index in [1.54, 1.807) is 17.8 Å². The fraction of sp³-hybridized carbons (Fsp3) is 0.500. The summed E-state index contributed by atoms with van der Waals surface area (Å²) in [6.45, 7) is 2.93. The zero-order valence-corrected chi connectivity index (χ0v) is 13.5. The summed E-state index contributed by atoms with van der Waals surface area (Å²) in [4.78, 5) is 12.3. The molecule has 0 radical (unpaired) electrons. The molecule has 1 unspecified atom stereocenters. The third-order valence-corrected chi connectivity index (χ3v) is 5.74. The lowest BCUT2D eigenvalue weighted by molar-refractivity contribution is 0.311. The number of hydrogen-bond acceptors (Lipinski definition) is 5. The van der Waals surface area contributed by atoms with Gasteiger partial charge in [-0.2, -0.15) is 4.31 Å². The summed E-state index contributed by atoms with van der Waals surface area (Å²) in [5.41, 5.74) is 1.94. The maximum absolute atomic E-state index is 12.7. The highest BCUT2D eigenvalue weighted by atomic mass is 32.2. The summed E-state index contributed by atoms with van der Waals surface area (Å²) in [5, 5.41) is 0.107. The standard InChI is InChI=1S/C14H19N5O2S/c1-11-6-15-9-16-14(11)12-4-3-5-19(7-12)22(20,21)13-8-18(2)10-17-13/h6,8-10,12H,3-5,7H2,1-2H3.